The number of aromatic carboxylic acids is 1. The minimum atomic E-state index is -0.967. The average molecular weight is 291 g/mol. The highest BCUT2D eigenvalue weighted by molar-refractivity contribution is 5.92. The molecule has 116 valence electrons. The second-order valence-electron chi connectivity index (χ2n) is 6.11. The van der Waals surface area contributed by atoms with Gasteiger partial charge in [-0.1, -0.05) is 27.2 Å². The molecule has 0 radical (unpaired) electrons. The van der Waals surface area contributed by atoms with Crippen molar-refractivity contribution in [3.05, 3.63) is 17.7 Å². The van der Waals surface area contributed by atoms with Gasteiger partial charge >= 0.3 is 5.97 Å². The van der Waals surface area contributed by atoms with Crippen LogP contribution >= 0.6 is 0 Å². The fraction of sp³-hybridized carbons (Fsp3) is 0.688. The van der Waals surface area contributed by atoms with Crippen LogP contribution in [0.5, 0.6) is 0 Å². The van der Waals surface area contributed by atoms with Crippen molar-refractivity contribution in [3.8, 4) is 0 Å². The molecule has 5 nitrogen and oxygen atoms in total. The van der Waals surface area contributed by atoms with Gasteiger partial charge in [-0.15, -0.1) is 0 Å². The molecule has 2 rings (SSSR count). The Hall–Kier alpha value is -1.65. The topological polar surface area (TPSA) is 66.3 Å². The molecule has 0 saturated carbocycles. The van der Waals surface area contributed by atoms with Crippen LogP contribution in [0.15, 0.2) is 6.20 Å². The van der Waals surface area contributed by atoms with Gasteiger partial charge in [0.1, 0.15) is 5.82 Å². The van der Waals surface area contributed by atoms with Crippen molar-refractivity contribution in [2.24, 2.45) is 5.92 Å². The predicted molar refractivity (Wildman–Crippen MR) is 82.9 cm³/mol. The molecule has 1 aromatic heterocycles. The number of carboxylic acid groups (broad SMARTS) is 1. The van der Waals surface area contributed by atoms with Gasteiger partial charge in [-0.2, -0.15) is 0 Å². The van der Waals surface area contributed by atoms with E-state index < -0.39 is 5.97 Å². The molecule has 1 aliphatic rings. The summed E-state index contributed by atoms with van der Waals surface area (Å²) < 4.78 is 0. The van der Waals surface area contributed by atoms with Crippen LogP contribution in [0.4, 0.5) is 5.69 Å². The maximum atomic E-state index is 11.5. The molecule has 0 amide bonds. The standard InChI is InChI=1S/C16H25N3O2/c1-4-12-6-5-8-19(9-7-12)13-10-17-15(11(2)3)18-14(13)16(20)21/h10-12H,4-9H2,1-3H3,(H,20,21). The Bertz CT molecular complexity index is 502. The fourth-order valence-electron chi connectivity index (χ4n) is 2.87. The molecule has 1 atom stereocenters. The van der Waals surface area contributed by atoms with Gasteiger partial charge in [0.15, 0.2) is 5.69 Å². The van der Waals surface area contributed by atoms with Crippen LogP contribution in [0.1, 0.15) is 68.7 Å². The summed E-state index contributed by atoms with van der Waals surface area (Å²) in [7, 11) is 0. The highest BCUT2D eigenvalue weighted by Gasteiger charge is 2.23. The lowest BCUT2D eigenvalue weighted by Gasteiger charge is -2.24. The third kappa shape index (κ3) is 3.71. The fourth-order valence-corrected chi connectivity index (χ4v) is 2.87. The van der Waals surface area contributed by atoms with Crippen molar-refractivity contribution in [3.63, 3.8) is 0 Å². The van der Waals surface area contributed by atoms with E-state index >= 15 is 0 Å². The predicted octanol–water partition coefficient (Wildman–Crippen LogP) is 3.31. The molecule has 0 aliphatic carbocycles. The van der Waals surface area contributed by atoms with Crippen LogP contribution in [-0.4, -0.2) is 34.1 Å². The Kier molecular flexibility index (Phi) is 5.15. The summed E-state index contributed by atoms with van der Waals surface area (Å²) in [5, 5.41) is 9.45. The zero-order valence-electron chi connectivity index (χ0n) is 13.2. The minimum Gasteiger partial charge on any atom is -0.476 e. The Morgan fingerprint density at radius 1 is 1.43 bits per heavy atom. The molecular formula is C16H25N3O2. The maximum absolute atomic E-state index is 11.5. The minimum absolute atomic E-state index is 0.130. The van der Waals surface area contributed by atoms with Crippen LogP contribution in [-0.2, 0) is 0 Å². The summed E-state index contributed by atoms with van der Waals surface area (Å²) in [5.41, 5.74) is 0.812. The first kappa shape index (κ1) is 15.7. The summed E-state index contributed by atoms with van der Waals surface area (Å²) in [4.78, 5) is 22.3. The maximum Gasteiger partial charge on any atom is 0.356 e. The van der Waals surface area contributed by atoms with E-state index in [1.807, 2.05) is 13.8 Å². The quantitative estimate of drug-likeness (QED) is 0.921. The molecule has 5 heteroatoms. The number of carbonyl (C=O) groups is 1. The zero-order valence-corrected chi connectivity index (χ0v) is 13.2. The SMILES string of the molecule is CCC1CCCN(c2cnc(C(C)C)nc2C(=O)O)CC1. The first-order valence-corrected chi connectivity index (χ1v) is 7.88. The number of rotatable bonds is 4. The van der Waals surface area contributed by atoms with Crippen molar-refractivity contribution in [2.45, 2.75) is 52.4 Å². The van der Waals surface area contributed by atoms with E-state index in [1.165, 1.54) is 12.8 Å². The third-order valence-corrected chi connectivity index (χ3v) is 4.27. The van der Waals surface area contributed by atoms with E-state index in [2.05, 4.69) is 21.8 Å². The van der Waals surface area contributed by atoms with Gasteiger partial charge in [0.25, 0.3) is 0 Å². The molecule has 21 heavy (non-hydrogen) atoms. The molecule has 1 aromatic rings. The normalized spacial score (nSPS) is 19.6. The highest BCUT2D eigenvalue weighted by Crippen LogP contribution is 2.26. The monoisotopic (exact) mass is 291 g/mol. The number of aromatic nitrogens is 2. The Morgan fingerprint density at radius 2 is 2.19 bits per heavy atom. The number of hydrogen-bond donors (Lipinski definition) is 1. The van der Waals surface area contributed by atoms with Crippen molar-refractivity contribution < 1.29 is 9.90 Å². The first-order chi connectivity index (χ1) is 10.0. The molecular weight excluding hydrogens is 266 g/mol. The van der Waals surface area contributed by atoms with Crippen LogP contribution in [0, 0.1) is 5.92 Å². The van der Waals surface area contributed by atoms with Crippen LogP contribution in [0.3, 0.4) is 0 Å². The summed E-state index contributed by atoms with van der Waals surface area (Å²) in [5.74, 6) is 0.507. The molecule has 0 bridgehead atoms. The Morgan fingerprint density at radius 3 is 2.81 bits per heavy atom. The molecule has 0 aromatic carbocycles. The van der Waals surface area contributed by atoms with Gasteiger partial charge in [-0.3, -0.25) is 0 Å². The molecule has 1 unspecified atom stereocenters. The lowest BCUT2D eigenvalue weighted by molar-refractivity contribution is 0.0690. The first-order valence-electron chi connectivity index (χ1n) is 7.88. The Balaban J connectivity index is 2.28. The van der Waals surface area contributed by atoms with Gasteiger partial charge in [-0.25, -0.2) is 14.8 Å². The summed E-state index contributed by atoms with van der Waals surface area (Å²) in [6.07, 6.45) is 6.33. The van der Waals surface area contributed by atoms with Crippen molar-refractivity contribution in [1.82, 2.24) is 9.97 Å². The molecule has 2 heterocycles. The van der Waals surface area contributed by atoms with Crippen molar-refractivity contribution in [2.75, 3.05) is 18.0 Å². The number of anilines is 1. The summed E-state index contributed by atoms with van der Waals surface area (Å²) >= 11 is 0. The smallest absolute Gasteiger partial charge is 0.356 e. The molecule has 1 saturated heterocycles. The van der Waals surface area contributed by atoms with Crippen molar-refractivity contribution in [1.29, 1.82) is 0 Å². The third-order valence-electron chi connectivity index (χ3n) is 4.27. The lowest BCUT2D eigenvalue weighted by Crippen LogP contribution is -2.27. The van der Waals surface area contributed by atoms with E-state index in [4.69, 9.17) is 0 Å². The molecule has 0 spiro atoms. The van der Waals surface area contributed by atoms with E-state index in [0.29, 0.717) is 11.5 Å². The molecule has 1 fully saturated rings. The average Bonchev–Trinajstić information content (AvgIpc) is 2.71. The Labute approximate surface area is 126 Å². The van der Waals surface area contributed by atoms with E-state index in [0.717, 1.165) is 31.8 Å². The van der Waals surface area contributed by atoms with E-state index in [-0.39, 0.29) is 11.6 Å². The highest BCUT2D eigenvalue weighted by atomic mass is 16.4. The van der Waals surface area contributed by atoms with E-state index in [9.17, 15) is 9.90 Å². The van der Waals surface area contributed by atoms with Gasteiger partial charge in [0.05, 0.1) is 11.9 Å². The second kappa shape index (κ2) is 6.87. The van der Waals surface area contributed by atoms with Crippen LogP contribution in [0.25, 0.3) is 0 Å². The zero-order chi connectivity index (χ0) is 15.4. The summed E-state index contributed by atoms with van der Waals surface area (Å²) in [6, 6.07) is 0. The largest absolute Gasteiger partial charge is 0.476 e. The van der Waals surface area contributed by atoms with Gasteiger partial charge in [0.2, 0.25) is 0 Å². The van der Waals surface area contributed by atoms with Gasteiger partial charge in [-0.05, 0) is 25.2 Å². The van der Waals surface area contributed by atoms with Crippen LogP contribution in [0.2, 0.25) is 0 Å². The summed E-state index contributed by atoms with van der Waals surface area (Å²) in [6.45, 7) is 7.95. The molecule has 1 N–H and O–H groups in total. The lowest BCUT2D eigenvalue weighted by atomic mass is 9.98. The van der Waals surface area contributed by atoms with Crippen LogP contribution < -0.4 is 4.90 Å². The second-order valence-corrected chi connectivity index (χ2v) is 6.11. The van der Waals surface area contributed by atoms with Gasteiger partial charge < -0.3 is 10.0 Å². The van der Waals surface area contributed by atoms with Crippen molar-refractivity contribution >= 4 is 11.7 Å². The van der Waals surface area contributed by atoms with Gasteiger partial charge in [0, 0.05) is 19.0 Å². The van der Waals surface area contributed by atoms with E-state index in [1.54, 1.807) is 6.20 Å². The number of hydrogen-bond acceptors (Lipinski definition) is 4. The molecule has 1 aliphatic heterocycles. The number of nitrogens with zero attached hydrogens (tertiary/aromatic N) is 3. The number of carboxylic acids is 1.